The lowest BCUT2D eigenvalue weighted by molar-refractivity contribution is -0.384. The van der Waals surface area contributed by atoms with Crippen molar-refractivity contribution in [2.24, 2.45) is 0 Å². The number of hydrogen-bond donors (Lipinski definition) is 2. The van der Waals surface area contributed by atoms with Crippen molar-refractivity contribution in [3.63, 3.8) is 0 Å². The van der Waals surface area contributed by atoms with Crippen LogP contribution in [0.2, 0.25) is 5.02 Å². The van der Waals surface area contributed by atoms with Gasteiger partial charge in [-0.3, -0.25) is 19.7 Å². The summed E-state index contributed by atoms with van der Waals surface area (Å²) in [6.07, 6.45) is 1.42. The number of rotatable bonds is 4. The van der Waals surface area contributed by atoms with Gasteiger partial charge in [0, 0.05) is 23.5 Å². The summed E-state index contributed by atoms with van der Waals surface area (Å²) in [5, 5.41) is 13.2. The summed E-state index contributed by atoms with van der Waals surface area (Å²) in [5.41, 5.74) is 0.487. The van der Waals surface area contributed by atoms with Crippen LogP contribution in [0.3, 0.4) is 0 Å². The molecule has 0 bridgehead atoms. The van der Waals surface area contributed by atoms with E-state index < -0.39 is 10.8 Å². The summed E-state index contributed by atoms with van der Waals surface area (Å²) in [7, 11) is 0. The summed E-state index contributed by atoms with van der Waals surface area (Å²) in [5.74, 6) is -0.688. The molecule has 8 heteroatoms. The minimum atomic E-state index is -0.638. The van der Waals surface area contributed by atoms with Crippen molar-refractivity contribution in [3.8, 4) is 0 Å². The van der Waals surface area contributed by atoms with E-state index in [1.165, 1.54) is 31.3 Å². The SMILES string of the molecule is CC(=O)c1c[nH]c(C(=O)Nc2ccc(Cl)c([N+](=O)[O-])c2)c1. The number of H-pyrrole nitrogens is 1. The van der Waals surface area contributed by atoms with Crippen molar-refractivity contribution in [1.82, 2.24) is 4.98 Å². The fourth-order valence-corrected chi connectivity index (χ4v) is 1.84. The van der Waals surface area contributed by atoms with Crippen LogP contribution >= 0.6 is 11.6 Å². The molecule has 0 aliphatic carbocycles. The Balaban J connectivity index is 2.21. The van der Waals surface area contributed by atoms with E-state index in [-0.39, 0.29) is 27.9 Å². The monoisotopic (exact) mass is 307 g/mol. The highest BCUT2D eigenvalue weighted by Gasteiger charge is 2.15. The average Bonchev–Trinajstić information content (AvgIpc) is 2.90. The molecule has 0 aliphatic rings. The molecule has 1 aromatic heterocycles. The first kappa shape index (κ1) is 14.7. The number of nitro benzene ring substituents is 1. The normalized spacial score (nSPS) is 10.2. The topological polar surface area (TPSA) is 105 Å². The number of nitrogens with one attached hydrogen (secondary N) is 2. The lowest BCUT2D eigenvalue weighted by Crippen LogP contribution is -2.12. The first-order valence-corrected chi connectivity index (χ1v) is 6.21. The summed E-state index contributed by atoms with van der Waals surface area (Å²) in [6.45, 7) is 1.38. The fourth-order valence-electron chi connectivity index (χ4n) is 1.66. The molecule has 0 atom stereocenters. The van der Waals surface area contributed by atoms with E-state index in [2.05, 4.69) is 10.3 Å². The maximum atomic E-state index is 12.0. The third kappa shape index (κ3) is 3.26. The van der Waals surface area contributed by atoms with E-state index in [1.807, 2.05) is 0 Å². The lowest BCUT2D eigenvalue weighted by Gasteiger charge is -2.04. The highest BCUT2D eigenvalue weighted by atomic mass is 35.5. The number of aromatic amines is 1. The molecular formula is C13H10ClN3O4. The highest BCUT2D eigenvalue weighted by molar-refractivity contribution is 6.32. The van der Waals surface area contributed by atoms with Gasteiger partial charge in [-0.2, -0.15) is 0 Å². The predicted molar refractivity (Wildman–Crippen MR) is 76.9 cm³/mol. The summed E-state index contributed by atoms with van der Waals surface area (Å²) < 4.78 is 0. The average molecular weight is 308 g/mol. The van der Waals surface area contributed by atoms with Crippen LogP contribution < -0.4 is 5.32 Å². The molecule has 1 aromatic carbocycles. The Bertz CT molecular complexity index is 739. The van der Waals surface area contributed by atoms with E-state index in [4.69, 9.17) is 11.6 Å². The molecule has 2 rings (SSSR count). The van der Waals surface area contributed by atoms with Gasteiger partial charge < -0.3 is 10.3 Å². The van der Waals surface area contributed by atoms with Crippen molar-refractivity contribution in [3.05, 3.63) is 56.9 Å². The number of benzene rings is 1. The second-order valence-corrected chi connectivity index (χ2v) is 4.64. The fraction of sp³-hybridized carbons (Fsp3) is 0.0769. The maximum Gasteiger partial charge on any atom is 0.289 e. The molecule has 21 heavy (non-hydrogen) atoms. The molecule has 0 unspecified atom stereocenters. The van der Waals surface area contributed by atoms with Crippen LogP contribution in [0.5, 0.6) is 0 Å². The number of carbonyl (C=O) groups is 2. The maximum absolute atomic E-state index is 12.0. The first-order chi connectivity index (χ1) is 9.88. The van der Waals surface area contributed by atoms with Gasteiger partial charge >= 0.3 is 0 Å². The number of ketones is 1. The molecule has 0 fully saturated rings. The Kier molecular flexibility index (Phi) is 4.04. The number of carbonyl (C=O) groups excluding carboxylic acids is 2. The quantitative estimate of drug-likeness (QED) is 0.514. The highest BCUT2D eigenvalue weighted by Crippen LogP contribution is 2.27. The Hall–Kier alpha value is -2.67. The zero-order valence-electron chi connectivity index (χ0n) is 10.8. The molecule has 2 aromatic rings. The molecule has 1 heterocycles. The summed E-state index contributed by atoms with van der Waals surface area (Å²) >= 11 is 5.68. The van der Waals surface area contributed by atoms with E-state index in [0.29, 0.717) is 5.56 Å². The van der Waals surface area contributed by atoms with Gasteiger partial charge in [0.15, 0.2) is 5.78 Å². The molecule has 2 N–H and O–H groups in total. The Morgan fingerprint density at radius 3 is 2.62 bits per heavy atom. The van der Waals surface area contributed by atoms with Crippen molar-refractivity contribution in [1.29, 1.82) is 0 Å². The first-order valence-electron chi connectivity index (χ1n) is 5.83. The number of anilines is 1. The summed E-state index contributed by atoms with van der Waals surface area (Å²) in [6, 6.07) is 5.34. The third-order valence-corrected chi connectivity index (χ3v) is 3.05. The molecular weight excluding hydrogens is 298 g/mol. The zero-order valence-corrected chi connectivity index (χ0v) is 11.6. The van der Waals surface area contributed by atoms with Crippen LogP contribution in [-0.2, 0) is 0 Å². The number of hydrogen-bond acceptors (Lipinski definition) is 4. The third-order valence-electron chi connectivity index (χ3n) is 2.73. The molecule has 108 valence electrons. The number of amides is 1. The molecule has 1 amide bonds. The van der Waals surface area contributed by atoms with Gasteiger partial charge in [0.05, 0.1) is 4.92 Å². The van der Waals surface area contributed by atoms with Crippen molar-refractivity contribution in [2.75, 3.05) is 5.32 Å². The molecule has 0 saturated carbocycles. The second-order valence-electron chi connectivity index (χ2n) is 4.24. The van der Waals surface area contributed by atoms with E-state index in [0.717, 1.165) is 6.07 Å². The largest absolute Gasteiger partial charge is 0.356 e. The number of nitro groups is 1. The molecule has 0 spiro atoms. The Morgan fingerprint density at radius 1 is 1.33 bits per heavy atom. The van der Waals surface area contributed by atoms with Crippen molar-refractivity contribution >= 4 is 34.7 Å². The molecule has 0 radical (unpaired) electrons. The van der Waals surface area contributed by atoms with Crippen molar-refractivity contribution < 1.29 is 14.5 Å². The van der Waals surface area contributed by atoms with Crippen LogP contribution in [-0.4, -0.2) is 21.6 Å². The summed E-state index contributed by atoms with van der Waals surface area (Å²) in [4.78, 5) is 35.9. The smallest absolute Gasteiger partial charge is 0.289 e. The van der Waals surface area contributed by atoms with Crippen LogP contribution in [0.25, 0.3) is 0 Å². The standard InChI is InChI=1S/C13H10ClN3O4/c1-7(18)8-4-11(15-6-8)13(19)16-9-2-3-10(14)12(5-9)17(20)21/h2-6,15H,1H3,(H,16,19). The Morgan fingerprint density at radius 2 is 2.05 bits per heavy atom. The van der Waals surface area contributed by atoms with Gasteiger partial charge in [-0.15, -0.1) is 0 Å². The number of halogens is 1. The number of aromatic nitrogens is 1. The van der Waals surface area contributed by atoms with E-state index in [9.17, 15) is 19.7 Å². The molecule has 7 nitrogen and oxygen atoms in total. The van der Waals surface area contributed by atoms with Gasteiger partial charge in [-0.05, 0) is 25.1 Å². The molecule has 0 aliphatic heterocycles. The van der Waals surface area contributed by atoms with Gasteiger partial charge in [0.2, 0.25) is 0 Å². The molecule has 0 saturated heterocycles. The zero-order chi connectivity index (χ0) is 15.6. The van der Waals surface area contributed by atoms with Gasteiger partial charge in [-0.1, -0.05) is 11.6 Å². The number of Topliss-reactive ketones (excluding diaryl/α,β-unsaturated/α-hetero) is 1. The predicted octanol–water partition coefficient (Wildman–Crippen LogP) is 3.03. The second kappa shape index (κ2) is 5.76. The lowest BCUT2D eigenvalue weighted by atomic mass is 10.2. The van der Waals surface area contributed by atoms with Crippen LogP contribution in [0.1, 0.15) is 27.8 Å². The van der Waals surface area contributed by atoms with Gasteiger partial charge in [0.25, 0.3) is 11.6 Å². The van der Waals surface area contributed by atoms with E-state index in [1.54, 1.807) is 0 Å². The van der Waals surface area contributed by atoms with Crippen molar-refractivity contribution in [2.45, 2.75) is 6.92 Å². The van der Waals surface area contributed by atoms with E-state index >= 15 is 0 Å². The number of nitrogens with zero attached hydrogens (tertiary/aromatic N) is 1. The minimum absolute atomic E-state index is 0.0169. The van der Waals surface area contributed by atoms with Crippen LogP contribution in [0.15, 0.2) is 30.5 Å². The van der Waals surface area contributed by atoms with Gasteiger partial charge in [-0.25, -0.2) is 0 Å². The van der Waals surface area contributed by atoms with Gasteiger partial charge in [0.1, 0.15) is 10.7 Å². The minimum Gasteiger partial charge on any atom is -0.356 e. The Labute approximate surface area is 124 Å². The van der Waals surface area contributed by atoms with Crippen LogP contribution in [0.4, 0.5) is 11.4 Å². The van der Waals surface area contributed by atoms with Crippen LogP contribution in [0, 0.1) is 10.1 Å².